The van der Waals surface area contributed by atoms with Crippen LogP contribution in [0.15, 0.2) is 12.1 Å². The maximum absolute atomic E-state index is 11.2. The Kier molecular flexibility index (Phi) is 4.69. The van der Waals surface area contributed by atoms with Crippen LogP contribution in [0.3, 0.4) is 0 Å². The second-order valence-corrected chi connectivity index (χ2v) is 6.12. The molecule has 1 N–H and O–H groups in total. The number of aromatic carboxylic acids is 1. The molecule has 0 bridgehead atoms. The summed E-state index contributed by atoms with van der Waals surface area (Å²) in [5.41, 5.74) is 1.19. The van der Waals surface area contributed by atoms with Crippen molar-refractivity contribution >= 4 is 23.5 Å². The zero-order valence-corrected chi connectivity index (χ0v) is 12.2. The summed E-state index contributed by atoms with van der Waals surface area (Å²) in [4.78, 5) is 18.0. The second-order valence-electron chi connectivity index (χ2n) is 4.71. The zero-order chi connectivity index (χ0) is 13.8. The molecule has 2 rings (SSSR count). The Hall–Kier alpha value is -1.23. The number of aryl methyl sites for hydroxylation is 1. The monoisotopic (exact) mass is 280 g/mol. The minimum absolute atomic E-state index is 0.341. The van der Waals surface area contributed by atoms with Gasteiger partial charge in [0, 0.05) is 29.8 Å². The normalized spacial score (nSPS) is 19.5. The molecule has 0 aliphatic carbocycles. The highest BCUT2D eigenvalue weighted by Gasteiger charge is 2.21. The second kappa shape index (κ2) is 6.28. The largest absolute Gasteiger partial charge is 0.478 e. The van der Waals surface area contributed by atoms with Gasteiger partial charge in [-0.15, -0.1) is 0 Å². The van der Waals surface area contributed by atoms with Gasteiger partial charge in [-0.2, -0.15) is 11.8 Å². The standard InChI is InChI=1S/C14H20N2O2S/c1-3-11-7-10(14(17)18)8-13(15-11)16-5-6-19-12(4-2)9-16/h7-8,12H,3-6,9H2,1-2H3,(H,17,18). The van der Waals surface area contributed by atoms with Crippen LogP contribution in [0.5, 0.6) is 0 Å². The molecule has 2 heterocycles. The number of nitrogens with zero attached hydrogens (tertiary/aromatic N) is 2. The number of thioether (sulfide) groups is 1. The predicted molar refractivity (Wildman–Crippen MR) is 79.3 cm³/mol. The van der Waals surface area contributed by atoms with Gasteiger partial charge in [-0.1, -0.05) is 13.8 Å². The fourth-order valence-electron chi connectivity index (χ4n) is 2.21. The van der Waals surface area contributed by atoms with Crippen LogP contribution in [-0.2, 0) is 6.42 Å². The van der Waals surface area contributed by atoms with Gasteiger partial charge in [0.2, 0.25) is 0 Å². The van der Waals surface area contributed by atoms with Crippen molar-refractivity contribution in [3.63, 3.8) is 0 Å². The molecule has 1 aliphatic rings. The van der Waals surface area contributed by atoms with Crippen LogP contribution >= 0.6 is 11.8 Å². The van der Waals surface area contributed by atoms with Gasteiger partial charge in [0.15, 0.2) is 0 Å². The van der Waals surface area contributed by atoms with E-state index in [1.54, 1.807) is 12.1 Å². The summed E-state index contributed by atoms with van der Waals surface area (Å²) in [5.74, 6) is 1.02. The first-order chi connectivity index (χ1) is 9.13. The van der Waals surface area contributed by atoms with Crippen molar-refractivity contribution in [3.05, 3.63) is 23.4 Å². The third-order valence-electron chi connectivity index (χ3n) is 3.39. The molecular formula is C14H20N2O2S. The van der Waals surface area contributed by atoms with E-state index in [0.717, 1.165) is 43.2 Å². The number of aromatic nitrogens is 1. The van der Waals surface area contributed by atoms with Gasteiger partial charge in [-0.25, -0.2) is 9.78 Å². The zero-order valence-electron chi connectivity index (χ0n) is 11.4. The van der Waals surface area contributed by atoms with E-state index in [0.29, 0.717) is 10.8 Å². The number of rotatable bonds is 4. The summed E-state index contributed by atoms with van der Waals surface area (Å²) in [6, 6.07) is 3.37. The van der Waals surface area contributed by atoms with Crippen molar-refractivity contribution in [2.45, 2.75) is 31.9 Å². The Bertz CT molecular complexity index is 465. The Balaban J connectivity index is 2.27. The van der Waals surface area contributed by atoms with Gasteiger partial charge in [0.05, 0.1) is 5.56 Å². The highest BCUT2D eigenvalue weighted by Crippen LogP contribution is 2.25. The van der Waals surface area contributed by atoms with Gasteiger partial charge in [-0.05, 0) is 25.0 Å². The van der Waals surface area contributed by atoms with E-state index >= 15 is 0 Å². The Morgan fingerprint density at radius 2 is 2.32 bits per heavy atom. The third-order valence-corrected chi connectivity index (χ3v) is 4.76. The molecule has 0 aromatic carbocycles. The first-order valence-electron chi connectivity index (χ1n) is 6.74. The van der Waals surface area contributed by atoms with Crippen LogP contribution in [0.25, 0.3) is 0 Å². The molecule has 0 amide bonds. The molecule has 1 atom stereocenters. The Morgan fingerprint density at radius 3 is 2.95 bits per heavy atom. The summed E-state index contributed by atoms with van der Waals surface area (Å²) in [7, 11) is 0. The Morgan fingerprint density at radius 1 is 1.53 bits per heavy atom. The first-order valence-corrected chi connectivity index (χ1v) is 7.79. The fourth-order valence-corrected chi connectivity index (χ4v) is 3.39. The third kappa shape index (κ3) is 3.41. The smallest absolute Gasteiger partial charge is 0.335 e. The lowest BCUT2D eigenvalue weighted by Crippen LogP contribution is -2.38. The number of hydrogen-bond donors (Lipinski definition) is 1. The molecule has 1 aliphatic heterocycles. The van der Waals surface area contributed by atoms with Crippen LogP contribution in [0.4, 0.5) is 5.82 Å². The van der Waals surface area contributed by atoms with Crippen LogP contribution in [-0.4, -0.2) is 40.2 Å². The maximum atomic E-state index is 11.2. The molecule has 1 aromatic rings. The molecule has 1 unspecified atom stereocenters. The van der Waals surface area contributed by atoms with E-state index in [1.165, 1.54) is 0 Å². The van der Waals surface area contributed by atoms with Gasteiger partial charge in [0.25, 0.3) is 0 Å². The SMILES string of the molecule is CCc1cc(C(=O)O)cc(N2CCSC(CC)C2)n1. The van der Waals surface area contributed by atoms with E-state index in [-0.39, 0.29) is 0 Å². The quantitative estimate of drug-likeness (QED) is 0.919. The molecule has 0 radical (unpaired) electrons. The van der Waals surface area contributed by atoms with Crippen molar-refractivity contribution in [2.24, 2.45) is 0 Å². The minimum atomic E-state index is -0.878. The number of anilines is 1. The lowest BCUT2D eigenvalue weighted by atomic mass is 10.2. The minimum Gasteiger partial charge on any atom is -0.478 e. The summed E-state index contributed by atoms with van der Waals surface area (Å²) in [6.07, 6.45) is 1.90. The van der Waals surface area contributed by atoms with E-state index in [9.17, 15) is 9.90 Å². The summed E-state index contributed by atoms with van der Waals surface area (Å²) >= 11 is 2.00. The van der Waals surface area contributed by atoms with Crippen molar-refractivity contribution in [1.29, 1.82) is 0 Å². The lowest BCUT2D eigenvalue weighted by Gasteiger charge is -2.33. The highest BCUT2D eigenvalue weighted by molar-refractivity contribution is 8.00. The van der Waals surface area contributed by atoms with E-state index in [2.05, 4.69) is 16.8 Å². The summed E-state index contributed by atoms with van der Waals surface area (Å²) in [5, 5.41) is 9.79. The first kappa shape index (κ1) is 14.2. The van der Waals surface area contributed by atoms with E-state index in [4.69, 9.17) is 0 Å². The number of carboxylic acid groups (broad SMARTS) is 1. The molecule has 1 fully saturated rings. The number of pyridine rings is 1. The molecule has 0 saturated carbocycles. The van der Waals surface area contributed by atoms with Crippen LogP contribution in [0.1, 0.15) is 36.3 Å². The van der Waals surface area contributed by atoms with Gasteiger partial charge >= 0.3 is 5.97 Å². The molecular weight excluding hydrogens is 260 g/mol. The van der Waals surface area contributed by atoms with Gasteiger partial charge in [0.1, 0.15) is 5.82 Å². The topological polar surface area (TPSA) is 53.4 Å². The van der Waals surface area contributed by atoms with Crippen molar-refractivity contribution in [3.8, 4) is 0 Å². The summed E-state index contributed by atoms with van der Waals surface area (Å²) in [6.45, 7) is 6.10. The average molecular weight is 280 g/mol. The molecule has 0 spiro atoms. The molecule has 4 nitrogen and oxygen atoms in total. The van der Waals surface area contributed by atoms with E-state index < -0.39 is 5.97 Å². The highest BCUT2D eigenvalue weighted by atomic mass is 32.2. The lowest BCUT2D eigenvalue weighted by molar-refractivity contribution is 0.0696. The van der Waals surface area contributed by atoms with Gasteiger partial charge < -0.3 is 10.0 Å². The van der Waals surface area contributed by atoms with Crippen molar-refractivity contribution in [2.75, 3.05) is 23.7 Å². The number of carbonyl (C=O) groups is 1. The summed E-state index contributed by atoms with van der Waals surface area (Å²) < 4.78 is 0. The maximum Gasteiger partial charge on any atom is 0.335 e. The average Bonchev–Trinajstić information content (AvgIpc) is 2.46. The van der Waals surface area contributed by atoms with Gasteiger partial charge in [-0.3, -0.25) is 0 Å². The predicted octanol–water partition coefficient (Wildman–Crippen LogP) is 2.67. The number of carboxylic acids is 1. The Labute approximate surface area is 118 Å². The molecule has 5 heteroatoms. The van der Waals surface area contributed by atoms with Crippen LogP contribution in [0.2, 0.25) is 0 Å². The molecule has 19 heavy (non-hydrogen) atoms. The van der Waals surface area contributed by atoms with Crippen LogP contribution in [0, 0.1) is 0 Å². The number of hydrogen-bond acceptors (Lipinski definition) is 4. The molecule has 1 saturated heterocycles. The van der Waals surface area contributed by atoms with Crippen molar-refractivity contribution in [1.82, 2.24) is 4.98 Å². The van der Waals surface area contributed by atoms with E-state index in [1.807, 2.05) is 18.7 Å². The van der Waals surface area contributed by atoms with Crippen molar-refractivity contribution < 1.29 is 9.90 Å². The molecule has 104 valence electrons. The molecule has 1 aromatic heterocycles. The van der Waals surface area contributed by atoms with Crippen LogP contribution < -0.4 is 4.90 Å². The fraction of sp³-hybridized carbons (Fsp3) is 0.571.